The van der Waals surface area contributed by atoms with Gasteiger partial charge < -0.3 is 10.1 Å². The van der Waals surface area contributed by atoms with Gasteiger partial charge >= 0.3 is 5.97 Å². The molecule has 0 fully saturated rings. The molecule has 0 saturated heterocycles. The van der Waals surface area contributed by atoms with Gasteiger partial charge in [0.2, 0.25) is 0 Å². The molecular formula is C12H21N3O2. The Balaban J connectivity index is 2.18. The molecule has 0 aromatic carbocycles. The van der Waals surface area contributed by atoms with Gasteiger partial charge in [0.1, 0.15) is 0 Å². The number of rotatable bonds is 7. The summed E-state index contributed by atoms with van der Waals surface area (Å²) in [6, 6.07) is 2.14. The first-order chi connectivity index (χ1) is 8.13. The Morgan fingerprint density at radius 3 is 3.00 bits per heavy atom. The van der Waals surface area contributed by atoms with E-state index in [0.717, 1.165) is 13.0 Å². The molecule has 1 atom stereocenters. The molecule has 1 N–H and O–H groups in total. The number of carbonyl (C=O) groups excluding carboxylic acids is 1. The van der Waals surface area contributed by atoms with Gasteiger partial charge in [0, 0.05) is 37.9 Å². The zero-order valence-electron chi connectivity index (χ0n) is 10.8. The van der Waals surface area contributed by atoms with Crippen LogP contribution in [0, 0.1) is 0 Å². The molecule has 96 valence electrons. The first-order valence-electron chi connectivity index (χ1n) is 5.99. The minimum Gasteiger partial charge on any atom is -0.466 e. The normalized spacial score (nSPS) is 12.4. The minimum absolute atomic E-state index is 0.141. The highest BCUT2D eigenvalue weighted by Crippen LogP contribution is 1.98. The molecule has 17 heavy (non-hydrogen) atoms. The lowest BCUT2D eigenvalue weighted by Gasteiger charge is -2.12. The van der Waals surface area contributed by atoms with E-state index in [0.29, 0.717) is 13.0 Å². The van der Waals surface area contributed by atoms with Crippen LogP contribution in [0.4, 0.5) is 0 Å². The summed E-state index contributed by atoms with van der Waals surface area (Å²) >= 11 is 0. The van der Waals surface area contributed by atoms with Crippen molar-refractivity contribution in [2.45, 2.75) is 32.7 Å². The Hall–Kier alpha value is -1.36. The van der Waals surface area contributed by atoms with E-state index in [1.807, 2.05) is 31.6 Å². The average Bonchev–Trinajstić information content (AvgIpc) is 2.64. The molecule has 0 aliphatic carbocycles. The molecule has 0 aliphatic rings. The Morgan fingerprint density at radius 2 is 2.41 bits per heavy atom. The first kappa shape index (κ1) is 13.7. The smallest absolute Gasteiger partial charge is 0.307 e. The summed E-state index contributed by atoms with van der Waals surface area (Å²) in [6.07, 6.45) is 3.11. The number of ether oxygens (including phenoxy) is 1. The van der Waals surface area contributed by atoms with Crippen LogP contribution in [0.25, 0.3) is 0 Å². The molecule has 0 radical (unpaired) electrons. The number of carbonyl (C=O) groups is 1. The molecule has 0 aliphatic heterocycles. The summed E-state index contributed by atoms with van der Waals surface area (Å²) in [5.41, 5.74) is 1.18. The minimum atomic E-state index is -0.145. The van der Waals surface area contributed by atoms with Gasteiger partial charge in [-0.25, -0.2) is 0 Å². The number of hydrogen-bond donors (Lipinski definition) is 1. The Morgan fingerprint density at radius 1 is 1.65 bits per heavy atom. The molecule has 0 saturated carbocycles. The number of nitrogens with one attached hydrogen (secondary N) is 1. The van der Waals surface area contributed by atoms with Gasteiger partial charge in [-0.2, -0.15) is 5.10 Å². The van der Waals surface area contributed by atoms with E-state index in [-0.39, 0.29) is 12.0 Å². The van der Waals surface area contributed by atoms with Crippen molar-refractivity contribution in [2.24, 2.45) is 7.05 Å². The monoisotopic (exact) mass is 239 g/mol. The maximum atomic E-state index is 11.2. The molecule has 1 rings (SSSR count). The molecule has 0 amide bonds. The molecule has 5 nitrogen and oxygen atoms in total. The maximum absolute atomic E-state index is 11.2. The predicted octanol–water partition coefficient (Wildman–Crippen LogP) is 0.894. The highest BCUT2D eigenvalue weighted by Gasteiger charge is 2.09. The van der Waals surface area contributed by atoms with Gasteiger partial charge in [0.25, 0.3) is 0 Å². The fourth-order valence-electron chi connectivity index (χ4n) is 1.64. The largest absolute Gasteiger partial charge is 0.466 e. The van der Waals surface area contributed by atoms with Crippen molar-refractivity contribution in [3.05, 3.63) is 18.0 Å². The van der Waals surface area contributed by atoms with E-state index in [2.05, 4.69) is 10.4 Å². The van der Waals surface area contributed by atoms with Crippen LogP contribution in [0.5, 0.6) is 0 Å². The Kier molecular flexibility index (Phi) is 5.69. The second kappa shape index (κ2) is 7.06. The van der Waals surface area contributed by atoms with Crippen LogP contribution < -0.4 is 5.32 Å². The molecule has 0 bridgehead atoms. The van der Waals surface area contributed by atoms with Crippen LogP contribution in [-0.4, -0.2) is 34.9 Å². The fourth-order valence-corrected chi connectivity index (χ4v) is 1.64. The molecule has 1 unspecified atom stereocenters. The van der Waals surface area contributed by atoms with E-state index in [1.54, 1.807) is 6.20 Å². The van der Waals surface area contributed by atoms with E-state index in [1.165, 1.54) is 5.69 Å². The van der Waals surface area contributed by atoms with Crippen LogP contribution >= 0.6 is 0 Å². The van der Waals surface area contributed by atoms with Gasteiger partial charge in [0.15, 0.2) is 0 Å². The van der Waals surface area contributed by atoms with Crippen LogP contribution in [0.2, 0.25) is 0 Å². The van der Waals surface area contributed by atoms with Crippen molar-refractivity contribution in [1.82, 2.24) is 15.1 Å². The molecule has 5 heteroatoms. The zero-order valence-corrected chi connectivity index (χ0v) is 10.8. The second-order valence-electron chi connectivity index (χ2n) is 4.06. The van der Waals surface area contributed by atoms with Crippen molar-refractivity contribution < 1.29 is 9.53 Å². The third-order valence-electron chi connectivity index (χ3n) is 2.57. The zero-order chi connectivity index (χ0) is 12.7. The molecular weight excluding hydrogens is 218 g/mol. The number of aryl methyl sites for hydroxylation is 1. The average molecular weight is 239 g/mol. The SMILES string of the molecule is CCOC(=O)CC(C)NCCc1ccnn1C. The Bertz CT molecular complexity index is 349. The number of nitrogens with zero attached hydrogens (tertiary/aromatic N) is 2. The number of hydrogen-bond acceptors (Lipinski definition) is 4. The first-order valence-corrected chi connectivity index (χ1v) is 5.99. The summed E-state index contributed by atoms with van der Waals surface area (Å²) in [5.74, 6) is -0.145. The highest BCUT2D eigenvalue weighted by molar-refractivity contribution is 5.69. The van der Waals surface area contributed by atoms with Crippen LogP contribution in [0.15, 0.2) is 12.3 Å². The van der Waals surface area contributed by atoms with Gasteiger partial charge in [-0.15, -0.1) is 0 Å². The molecule has 0 spiro atoms. The molecule has 1 aromatic rings. The van der Waals surface area contributed by atoms with E-state index < -0.39 is 0 Å². The van der Waals surface area contributed by atoms with Gasteiger partial charge in [-0.05, 0) is 19.9 Å². The van der Waals surface area contributed by atoms with Crippen LogP contribution in [0.1, 0.15) is 26.0 Å². The standard InChI is InChI=1S/C12H21N3O2/c1-4-17-12(16)9-10(2)13-7-5-11-6-8-14-15(11)3/h6,8,10,13H,4-5,7,9H2,1-3H3. The van der Waals surface area contributed by atoms with Crippen LogP contribution in [-0.2, 0) is 23.0 Å². The summed E-state index contributed by atoms with van der Waals surface area (Å²) in [4.78, 5) is 11.2. The second-order valence-corrected chi connectivity index (χ2v) is 4.06. The lowest BCUT2D eigenvalue weighted by atomic mass is 10.2. The Labute approximate surface area is 102 Å². The summed E-state index contributed by atoms with van der Waals surface area (Å²) < 4.78 is 6.75. The lowest BCUT2D eigenvalue weighted by molar-refractivity contribution is -0.143. The van der Waals surface area contributed by atoms with Crippen molar-refractivity contribution >= 4 is 5.97 Å². The molecule has 1 aromatic heterocycles. The van der Waals surface area contributed by atoms with Crippen molar-refractivity contribution in [3.63, 3.8) is 0 Å². The summed E-state index contributed by atoms with van der Waals surface area (Å²) in [6.45, 7) is 5.08. The van der Waals surface area contributed by atoms with E-state index >= 15 is 0 Å². The summed E-state index contributed by atoms with van der Waals surface area (Å²) in [5, 5.41) is 7.40. The number of esters is 1. The third kappa shape index (κ3) is 4.99. The topological polar surface area (TPSA) is 56.1 Å². The molecule has 1 heterocycles. The third-order valence-corrected chi connectivity index (χ3v) is 2.57. The quantitative estimate of drug-likeness (QED) is 0.718. The van der Waals surface area contributed by atoms with E-state index in [9.17, 15) is 4.79 Å². The summed E-state index contributed by atoms with van der Waals surface area (Å²) in [7, 11) is 1.93. The fraction of sp³-hybridized carbons (Fsp3) is 0.667. The highest BCUT2D eigenvalue weighted by atomic mass is 16.5. The van der Waals surface area contributed by atoms with Crippen molar-refractivity contribution in [3.8, 4) is 0 Å². The number of aromatic nitrogens is 2. The van der Waals surface area contributed by atoms with E-state index in [4.69, 9.17) is 4.74 Å². The van der Waals surface area contributed by atoms with Gasteiger partial charge in [-0.1, -0.05) is 0 Å². The van der Waals surface area contributed by atoms with Crippen LogP contribution in [0.3, 0.4) is 0 Å². The lowest BCUT2D eigenvalue weighted by Crippen LogP contribution is -2.31. The predicted molar refractivity (Wildman–Crippen MR) is 65.6 cm³/mol. The van der Waals surface area contributed by atoms with Gasteiger partial charge in [-0.3, -0.25) is 9.48 Å². The van der Waals surface area contributed by atoms with Crippen molar-refractivity contribution in [1.29, 1.82) is 0 Å². The maximum Gasteiger partial charge on any atom is 0.307 e. The van der Waals surface area contributed by atoms with Crippen molar-refractivity contribution in [2.75, 3.05) is 13.2 Å². The van der Waals surface area contributed by atoms with Gasteiger partial charge in [0.05, 0.1) is 13.0 Å².